The Morgan fingerprint density at radius 1 is 1.20 bits per heavy atom. The van der Waals surface area contributed by atoms with Crippen LogP contribution in [0.25, 0.3) is 5.57 Å². The van der Waals surface area contributed by atoms with Crippen molar-refractivity contribution >= 4 is 23.1 Å². The summed E-state index contributed by atoms with van der Waals surface area (Å²) in [7, 11) is 3.50. The van der Waals surface area contributed by atoms with E-state index >= 15 is 0 Å². The summed E-state index contributed by atoms with van der Waals surface area (Å²) in [6, 6.07) is 6.08. The number of carbonyl (C=O) groups is 1. The van der Waals surface area contributed by atoms with Crippen LogP contribution in [0, 0.1) is 17.2 Å². The Balaban J connectivity index is 1.43. The number of urea groups is 1. The van der Waals surface area contributed by atoms with Gasteiger partial charge in [-0.1, -0.05) is 0 Å². The van der Waals surface area contributed by atoms with Crippen molar-refractivity contribution in [2.24, 2.45) is 5.92 Å². The van der Waals surface area contributed by atoms with Gasteiger partial charge in [0.15, 0.2) is 5.82 Å². The number of anilines is 2. The maximum absolute atomic E-state index is 14.5. The summed E-state index contributed by atoms with van der Waals surface area (Å²) in [6.07, 6.45) is 5.11. The summed E-state index contributed by atoms with van der Waals surface area (Å²) < 4.78 is 31.1. The van der Waals surface area contributed by atoms with Crippen LogP contribution < -0.4 is 15.6 Å². The van der Waals surface area contributed by atoms with E-state index in [1.54, 1.807) is 23.0 Å². The van der Waals surface area contributed by atoms with Crippen molar-refractivity contribution in [2.45, 2.75) is 64.0 Å². The highest BCUT2D eigenvalue weighted by Gasteiger charge is 2.35. The summed E-state index contributed by atoms with van der Waals surface area (Å²) in [5.41, 5.74) is 8.58. The van der Waals surface area contributed by atoms with Gasteiger partial charge in [-0.15, -0.1) is 0 Å². The minimum Gasteiger partial charge on any atom is -0.341 e. The highest BCUT2D eigenvalue weighted by atomic mass is 19.3. The molecule has 0 unspecified atom stereocenters. The zero-order chi connectivity index (χ0) is 28.0. The van der Waals surface area contributed by atoms with Crippen LogP contribution in [0.3, 0.4) is 0 Å². The molecule has 1 saturated carbocycles. The zero-order valence-corrected chi connectivity index (χ0v) is 23.1. The number of nitrogens with zero attached hydrogens (tertiary/aromatic N) is 6. The molecule has 2 N–H and O–H groups in total. The largest absolute Gasteiger partial charge is 0.341 e. The smallest absolute Gasteiger partial charge is 0.317 e. The van der Waals surface area contributed by atoms with Crippen molar-refractivity contribution in [1.29, 1.82) is 5.26 Å². The van der Waals surface area contributed by atoms with Crippen LogP contribution in [0.2, 0.25) is 0 Å². The number of benzene rings is 1. The summed E-state index contributed by atoms with van der Waals surface area (Å²) in [6.45, 7) is 2.21. The van der Waals surface area contributed by atoms with Crippen LogP contribution in [0.15, 0.2) is 18.3 Å². The van der Waals surface area contributed by atoms with Crippen LogP contribution in [0.4, 0.5) is 25.1 Å². The van der Waals surface area contributed by atoms with E-state index < -0.39 is 6.43 Å². The van der Waals surface area contributed by atoms with E-state index in [9.17, 15) is 18.8 Å². The summed E-state index contributed by atoms with van der Waals surface area (Å²) >= 11 is 0. The molecule has 212 valence electrons. The lowest BCUT2D eigenvalue weighted by Crippen LogP contribution is -2.42. The normalized spacial score (nSPS) is 22.6. The average Bonchev–Trinajstić information content (AvgIpc) is 3.59. The maximum atomic E-state index is 14.5. The van der Waals surface area contributed by atoms with E-state index in [0.717, 1.165) is 72.4 Å². The second kappa shape index (κ2) is 10.7. The number of hydrazine groups is 1. The molecule has 9 nitrogen and oxygen atoms in total. The molecule has 0 spiro atoms. The van der Waals surface area contributed by atoms with Crippen LogP contribution in [0.5, 0.6) is 0 Å². The van der Waals surface area contributed by atoms with Gasteiger partial charge in [-0.2, -0.15) is 10.4 Å². The number of nitriles is 1. The number of nitrogens with one attached hydrogen (secondary N) is 2. The Hall–Kier alpha value is -3.65. The molecule has 0 saturated heterocycles. The first-order valence-corrected chi connectivity index (χ1v) is 14.2. The maximum Gasteiger partial charge on any atom is 0.317 e. The summed E-state index contributed by atoms with van der Waals surface area (Å²) in [4.78, 5) is 16.5. The topological polar surface area (TPSA) is 92.5 Å². The van der Waals surface area contributed by atoms with Crippen LogP contribution in [-0.4, -0.2) is 59.5 Å². The number of alkyl halides is 2. The van der Waals surface area contributed by atoms with Crippen LogP contribution in [0.1, 0.15) is 72.5 Å². The fourth-order valence-corrected chi connectivity index (χ4v) is 6.76. The molecule has 4 heterocycles. The Labute approximate surface area is 233 Å². The molecule has 1 aliphatic carbocycles. The third kappa shape index (κ3) is 4.68. The number of rotatable bonds is 4. The quantitative estimate of drug-likeness (QED) is 0.576. The summed E-state index contributed by atoms with van der Waals surface area (Å²) in [5.74, 6) is 0.855. The second-order valence-electron chi connectivity index (χ2n) is 11.3. The van der Waals surface area contributed by atoms with E-state index in [-0.39, 0.29) is 23.6 Å². The highest BCUT2D eigenvalue weighted by molar-refractivity contribution is 5.78. The number of halogens is 2. The van der Waals surface area contributed by atoms with Gasteiger partial charge in [0.1, 0.15) is 0 Å². The number of aryl methyl sites for hydroxylation is 1. The fraction of sp³-hybridized carbons (Fsp3) is 0.552. The van der Waals surface area contributed by atoms with Crippen molar-refractivity contribution in [3.8, 4) is 6.07 Å². The standard InChI is InChI=1S/C29H36F2N8O/c1-33-29(40)37-11-9-25-24(17-37)28(35-39(25)21-7-5-18(14-32)6-8-21)38-10-3-4-19-12-22(20-15-34-36(2)16-20)23(27(30)31)13-26(19)38/h12-13,16,18,21,27,34H,3-11,15,17H2,1-2H3,(H,33,40). The van der Waals surface area contributed by atoms with E-state index in [1.807, 2.05) is 19.3 Å². The van der Waals surface area contributed by atoms with Crippen LogP contribution >= 0.6 is 0 Å². The van der Waals surface area contributed by atoms with Gasteiger partial charge in [0.2, 0.25) is 0 Å². The molecule has 3 aliphatic heterocycles. The molecular weight excluding hydrogens is 514 g/mol. The van der Waals surface area contributed by atoms with Gasteiger partial charge in [-0.25, -0.2) is 19.0 Å². The molecule has 1 aromatic carbocycles. The van der Waals surface area contributed by atoms with Crippen molar-refractivity contribution in [3.63, 3.8) is 0 Å². The van der Waals surface area contributed by atoms with Crippen molar-refractivity contribution in [3.05, 3.63) is 46.3 Å². The molecule has 0 bridgehead atoms. The lowest BCUT2D eigenvalue weighted by molar-refractivity contribution is 0.151. The molecule has 4 aliphatic rings. The average molecular weight is 551 g/mol. The number of fused-ring (bicyclic) bond motifs is 2. The third-order valence-electron chi connectivity index (χ3n) is 8.87. The van der Waals surface area contributed by atoms with Gasteiger partial charge in [0, 0.05) is 74.8 Å². The first-order chi connectivity index (χ1) is 19.4. The predicted molar refractivity (Wildman–Crippen MR) is 148 cm³/mol. The Kier molecular flexibility index (Phi) is 7.13. The number of aromatic nitrogens is 2. The van der Waals surface area contributed by atoms with Gasteiger partial charge in [-0.3, -0.25) is 4.68 Å². The first kappa shape index (κ1) is 26.6. The Morgan fingerprint density at radius 2 is 2.00 bits per heavy atom. The zero-order valence-electron chi connectivity index (χ0n) is 23.1. The van der Waals surface area contributed by atoms with Gasteiger partial charge in [0.05, 0.1) is 18.7 Å². The minimum absolute atomic E-state index is 0.0316. The van der Waals surface area contributed by atoms with Gasteiger partial charge < -0.3 is 20.1 Å². The van der Waals surface area contributed by atoms with E-state index in [2.05, 4.69) is 26.4 Å². The monoisotopic (exact) mass is 550 g/mol. The van der Waals surface area contributed by atoms with Crippen molar-refractivity contribution < 1.29 is 13.6 Å². The molecule has 2 amide bonds. The van der Waals surface area contributed by atoms with E-state index in [4.69, 9.17) is 5.10 Å². The third-order valence-corrected chi connectivity index (χ3v) is 8.87. The minimum atomic E-state index is -2.61. The highest BCUT2D eigenvalue weighted by Crippen LogP contribution is 2.43. The molecule has 2 aromatic rings. The molecule has 40 heavy (non-hydrogen) atoms. The van der Waals surface area contributed by atoms with Gasteiger partial charge >= 0.3 is 6.03 Å². The molecule has 0 radical (unpaired) electrons. The Morgan fingerprint density at radius 3 is 2.67 bits per heavy atom. The van der Waals surface area contributed by atoms with Crippen molar-refractivity contribution in [2.75, 3.05) is 38.6 Å². The number of amides is 2. The molecule has 1 aromatic heterocycles. The summed E-state index contributed by atoms with van der Waals surface area (Å²) in [5, 5.41) is 19.1. The lowest BCUT2D eigenvalue weighted by Gasteiger charge is -2.33. The van der Waals surface area contributed by atoms with Crippen molar-refractivity contribution in [1.82, 2.24) is 30.4 Å². The second-order valence-corrected chi connectivity index (χ2v) is 11.3. The fourth-order valence-electron chi connectivity index (χ4n) is 6.76. The van der Waals surface area contributed by atoms with Crippen LogP contribution in [-0.2, 0) is 19.4 Å². The molecule has 0 atom stereocenters. The number of carbonyl (C=O) groups excluding carboxylic acids is 1. The first-order valence-electron chi connectivity index (χ1n) is 14.2. The molecule has 6 rings (SSSR count). The molecule has 11 heteroatoms. The lowest BCUT2D eigenvalue weighted by atomic mass is 9.87. The number of hydrogen-bond acceptors (Lipinski definition) is 6. The van der Waals surface area contributed by atoms with Gasteiger partial charge in [-0.05, 0) is 67.4 Å². The molecule has 1 fully saturated rings. The number of hydrogen-bond donors (Lipinski definition) is 2. The van der Waals surface area contributed by atoms with E-state index in [0.29, 0.717) is 38.2 Å². The van der Waals surface area contributed by atoms with Gasteiger partial charge in [0.25, 0.3) is 6.43 Å². The predicted octanol–water partition coefficient (Wildman–Crippen LogP) is 4.65. The van der Waals surface area contributed by atoms with E-state index in [1.165, 1.54) is 0 Å². The molecular formula is C29H36F2N8O. The SMILES string of the molecule is CNC(=O)N1CCc2c(c(N3CCCc4cc(C5=CN(C)NC5)c(C(F)F)cc43)nn2C2CCC(C#N)CC2)C1. The Bertz CT molecular complexity index is 1370.